The van der Waals surface area contributed by atoms with E-state index in [1.54, 1.807) is 0 Å². The molecular formula is C63H46N4O. The lowest BCUT2D eigenvalue weighted by atomic mass is 9.93. The quantitative estimate of drug-likeness (QED) is 0.144. The maximum atomic E-state index is 6.87. The van der Waals surface area contributed by atoms with E-state index in [2.05, 4.69) is 270 Å². The molecule has 1 aliphatic heterocycles. The molecule has 12 rings (SSSR count). The van der Waals surface area contributed by atoms with Crippen molar-refractivity contribution in [3.05, 3.63) is 271 Å². The van der Waals surface area contributed by atoms with Crippen molar-refractivity contribution in [3.8, 4) is 44.5 Å². The number of benzene rings is 10. The molecule has 324 valence electrons. The molecule has 0 aliphatic carbocycles. The smallest absolute Gasteiger partial charge is 0.137 e. The Balaban J connectivity index is 0.975. The van der Waals surface area contributed by atoms with E-state index in [0.29, 0.717) is 0 Å². The van der Waals surface area contributed by atoms with Crippen molar-refractivity contribution >= 4 is 44.8 Å². The predicted molar refractivity (Wildman–Crippen MR) is 281 cm³/mol. The third-order valence-corrected chi connectivity index (χ3v) is 12.9. The van der Waals surface area contributed by atoms with E-state index >= 15 is 0 Å². The van der Waals surface area contributed by atoms with Crippen LogP contribution in [0.25, 0.3) is 66.4 Å². The number of hydrogen-bond donors (Lipinski definition) is 2. The van der Waals surface area contributed by atoms with Gasteiger partial charge in [0.25, 0.3) is 0 Å². The van der Waals surface area contributed by atoms with Gasteiger partial charge in [0.1, 0.15) is 29.3 Å². The summed E-state index contributed by atoms with van der Waals surface area (Å²) in [6.45, 7) is 0. The number of hydrogen-bond acceptors (Lipinski definition) is 5. The van der Waals surface area contributed by atoms with E-state index in [1.165, 1.54) is 5.56 Å². The standard InChI is InChI=1S/C63H46N4O/c1-6-20-43(21-7-1)47-28-18-29-48(38-47)62-64-61(46-26-12-4-13-27-46)65-63(66-62)56-33-17-16-32-54(56)55-34-19-35-58-60(55)57-37-36-52(42-59(57)68-58)67(51-30-14-5-15-31-51)53-40-49(44-22-8-2-9-23-44)39-50(41-53)45-24-10-3-11-25-45/h1-42,61,63,65H,(H,64,66). The van der Waals surface area contributed by atoms with Gasteiger partial charge < -0.3 is 14.6 Å². The fraction of sp³-hybridized carbons (Fsp3) is 0.0317. The van der Waals surface area contributed by atoms with E-state index in [-0.39, 0.29) is 12.3 Å². The molecule has 1 aromatic heterocycles. The van der Waals surface area contributed by atoms with Gasteiger partial charge in [0, 0.05) is 39.5 Å². The van der Waals surface area contributed by atoms with Gasteiger partial charge in [0.15, 0.2) is 0 Å². The van der Waals surface area contributed by atoms with Crippen LogP contribution in [-0.4, -0.2) is 5.84 Å². The Kier molecular flexibility index (Phi) is 10.7. The normalized spacial score (nSPS) is 14.6. The second kappa shape index (κ2) is 17.9. The van der Waals surface area contributed by atoms with Gasteiger partial charge in [-0.2, -0.15) is 0 Å². The molecule has 5 heteroatoms. The molecule has 68 heavy (non-hydrogen) atoms. The van der Waals surface area contributed by atoms with Gasteiger partial charge in [0.05, 0.1) is 0 Å². The monoisotopic (exact) mass is 874 g/mol. The molecule has 0 amide bonds. The molecule has 0 saturated heterocycles. The highest BCUT2D eigenvalue weighted by molar-refractivity contribution is 6.13. The van der Waals surface area contributed by atoms with E-state index < -0.39 is 0 Å². The maximum absolute atomic E-state index is 6.87. The number of anilines is 3. The number of rotatable bonds is 10. The topological polar surface area (TPSA) is 52.8 Å². The van der Waals surface area contributed by atoms with Gasteiger partial charge in [0.2, 0.25) is 0 Å². The first-order chi connectivity index (χ1) is 33.7. The predicted octanol–water partition coefficient (Wildman–Crippen LogP) is 16.1. The Morgan fingerprint density at radius 3 is 1.62 bits per heavy atom. The highest BCUT2D eigenvalue weighted by Crippen LogP contribution is 2.44. The van der Waals surface area contributed by atoms with Crippen molar-refractivity contribution in [3.63, 3.8) is 0 Å². The van der Waals surface area contributed by atoms with E-state index in [4.69, 9.17) is 9.41 Å². The zero-order valence-corrected chi connectivity index (χ0v) is 37.2. The summed E-state index contributed by atoms with van der Waals surface area (Å²) in [7, 11) is 0. The summed E-state index contributed by atoms with van der Waals surface area (Å²) in [5, 5.41) is 9.74. The number of aliphatic imine (C=N–C) groups is 1. The third-order valence-electron chi connectivity index (χ3n) is 12.9. The second-order valence-electron chi connectivity index (χ2n) is 17.2. The lowest BCUT2D eigenvalue weighted by molar-refractivity contribution is 0.409. The largest absolute Gasteiger partial charge is 0.456 e. The summed E-state index contributed by atoms with van der Waals surface area (Å²) < 4.78 is 6.87. The van der Waals surface area contributed by atoms with E-state index in [1.807, 2.05) is 0 Å². The van der Waals surface area contributed by atoms with Crippen molar-refractivity contribution in [2.24, 2.45) is 4.99 Å². The minimum absolute atomic E-state index is 0.184. The Labute approximate surface area is 396 Å². The summed E-state index contributed by atoms with van der Waals surface area (Å²) in [4.78, 5) is 7.79. The first-order valence-electron chi connectivity index (χ1n) is 23.2. The van der Waals surface area contributed by atoms with Crippen molar-refractivity contribution in [1.29, 1.82) is 0 Å². The first-order valence-corrected chi connectivity index (χ1v) is 23.2. The van der Waals surface area contributed by atoms with Crippen molar-refractivity contribution < 1.29 is 4.42 Å². The molecular weight excluding hydrogens is 829 g/mol. The van der Waals surface area contributed by atoms with Gasteiger partial charge in [-0.25, -0.2) is 4.99 Å². The lowest BCUT2D eigenvalue weighted by Gasteiger charge is -2.33. The molecule has 0 fully saturated rings. The molecule has 0 saturated carbocycles. The first kappa shape index (κ1) is 40.7. The van der Waals surface area contributed by atoms with E-state index in [9.17, 15) is 0 Å². The average Bonchev–Trinajstić information content (AvgIpc) is 3.80. The van der Waals surface area contributed by atoms with Crippen LogP contribution in [0.2, 0.25) is 0 Å². The second-order valence-corrected chi connectivity index (χ2v) is 17.2. The average molecular weight is 875 g/mol. The molecule has 1 aliphatic rings. The summed E-state index contributed by atoms with van der Waals surface area (Å²) in [5.74, 6) is 0.836. The van der Waals surface area contributed by atoms with Crippen LogP contribution in [0.3, 0.4) is 0 Å². The molecule has 10 aromatic carbocycles. The van der Waals surface area contributed by atoms with Crippen LogP contribution in [0.15, 0.2) is 264 Å². The van der Waals surface area contributed by atoms with Gasteiger partial charge in [-0.3, -0.25) is 5.32 Å². The Morgan fingerprint density at radius 2 is 0.926 bits per heavy atom. The number of furan rings is 1. The summed E-state index contributed by atoms with van der Waals surface area (Å²) >= 11 is 0. The zero-order chi connectivity index (χ0) is 45.2. The summed E-state index contributed by atoms with van der Waals surface area (Å²) in [6.07, 6.45) is -0.546. The zero-order valence-electron chi connectivity index (χ0n) is 37.2. The van der Waals surface area contributed by atoms with Crippen LogP contribution in [-0.2, 0) is 0 Å². The van der Waals surface area contributed by atoms with Gasteiger partial charge in [-0.05, 0) is 110 Å². The number of fused-ring (bicyclic) bond motifs is 3. The Bertz CT molecular complexity index is 3510. The van der Waals surface area contributed by atoms with Crippen molar-refractivity contribution in [1.82, 2.24) is 10.6 Å². The number of amidine groups is 1. The molecule has 2 atom stereocenters. The van der Waals surface area contributed by atoms with Crippen LogP contribution in [0.1, 0.15) is 29.0 Å². The Morgan fingerprint density at radius 1 is 0.382 bits per heavy atom. The number of nitrogens with zero attached hydrogens (tertiary/aromatic N) is 2. The molecule has 5 nitrogen and oxygen atoms in total. The minimum Gasteiger partial charge on any atom is -0.456 e. The van der Waals surface area contributed by atoms with Crippen molar-refractivity contribution in [2.45, 2.75) is 12.3 Å². The lowest BCUT2D eigenvalue weighted by Crippen LogP contribution is -2.45. The summed E-state index contributed by atoms with van der Waals surface area (Å²) in [6, 6.07) is 90.1. The summed E-state index contributed by atoms with van der Waals surface area (Å²) in [5.41, 5.74) is 17.1. The maximum Gasteiger partial charge on any atom is 0.137 e. The minimum atomic E-state index is -0.361. The fourth-order valence-electron chi connectivity index (χ4n) is 9.68. The number of para-hydroxylation sites is 1. The van der Waals surface area contributed by atoms with Gasteiger partial charge in [-0.1, -0.05) is 194 Å². The van der Waals surface area contributed by atoms with Crippen LogP contribution < -0.4 is 15.5 Å². The third kappa shape index (κ3) is 7.91. The van der Waals surface area contributed by atoms with Crippen LogP contribution in [0, 0.1) is 0 Å². The molecule has 2 N–H and O–H groups in total. The highest BCUT2D eigenvalue weighted by Gasteiger charge is 2.28. The SMILES string of the molecule is c1ccc(-c2cccc(C3=NC(c4ccccc4-c4cccc5oc6cc(N(c7ccccc7)c7cc(-c8ccccc8)cc(-c8ccccc8)c7)ccc6c45)NC(c4ccccc4)N3)c2)cc1. The fourth-order valence-corrected chi connectivity index (χ4v) is 9.68. The molecule has 2 heterocycles. The van der Waals surface area contributed by atoms with Crippen LogP contribution >= 0.6 is 0 Å². The van der Waals surface area contributed by atoms with Gasteiger partial charge in [-0.15, -0.1) is 0 Å². The molecule has 2 unspecified atom stereocenters. The number of nitrogens with one attached hydrogen (secondary N) is 2. The highest BCUT2D eigenvalue weighted by atomic mass is 16.3. The van der Waals surface area contributed by atoms with Crippen LogP contribution in [0.4, 0.5) is 17.1 Å². The molecule has 0 bridgehead atoms. The molecule has 11 aromatic rings. The van der Waals surface area contributed by atoms with Crippen LogP contribution in [0.5, 0.6) is 0 Å². The molecule has 0 spiro atoms. The molecule has 0 radical (unpaired) electrons. The van der Waals surface area contributed by atoms with Gasteiger partial charge >= 0.3 is 0 Å². The van der Waals surface area contributed by atoms with Crippen molar-refractivity contribution in [2.75, 3.05) is 4.90 Å². The van der Waals surface area contributed by atoms with E-state index in [0.717, 1.165) is 100 Å². The Hall–Kier alpha value is -8.77.